The van der Waals surface area contributed by atoms with E-state index in [0.717, 1.165) is 0 Å². The molecule has 1 amide bonds. The van der Waals surface area contributed by atoms with Gasteiger partial charge in [0, 0.05) is 24.3 Å². The van der Waals surface area contributed by atoms with Gasteiger partial charge in [0.15, 0.2) is 0 Å². The maximum Gasteiger partial charge on any atom is 0.251 e. The predicted molar refractivity (Wildman–Crippen MR) is 93.6 cm³/mol. The van der Waals surface area contributed by atoms with Gasteiger partial charge < -0.3 is 10.4 Å². The standard InChI is InChI=1S/C17H20N4O4S/c22-11-15-4-2-8-21(15)26(24,25)16-5-1-3-13(9-16)17(23)19-10-14-6-7-18-12-20-14/h1,3,5-7,9,12,15,22H,2,4,8,10-11H2,(H,19,23)/t15-/m1/s1. The van der Waals surface area contributed by atoms with Crippen LogP contribution in [0.25, 0.3) is 0 Å². The fourth-order valence-corrected chi connectivity index (χ4v) is 4.67. The maximum atomic E-state index is 12.8. The van der Waals surface area contributed by atoms with E-state index < -0.39 is 16.1 Å². The minimum atomic E-state index is -3.75. The molecule has 1 atom stereocenters. The number of carbonyl (C=O) groups is 1. The lowest BCUT2D eigenvalue weighted by molar-refractivity contribution is 0.0950. The van der Waals surface area contributed by atoms with Crippen molar-refractivity contribution in [1.82, 2.24) is 19.6 Å². The lowest BCUT2D eigenvalue weighted by Gasteiger charge is -2.22. The molecule has 9 heteroatoms. The van der Waals surface area contributed by atoms with E-state index in [0.29, 0.717) is 25.1 Å². The first kappa shape index (κ1) is 18.4. The summed E-state index contributed by atoms with van der Waals surface area (Å²) in [5.41, 5.74) is 0.903. The third-order valence-corrected chi connectivity index (χ3v) is 6.26. The molecular weight excluding hydrogens is 356 g/mol. The van der Waals surface area contributed by atoms with E-state index in [-0.39, 0.29) is 29.5 Å². The number of rotatable bonds is 6. The van der Waals surface area contributed by atoms with Crippen molar-refractivity contribution in [2.24, 2.45) is 0 Å². The molecule has 2 aromatic rings. The van der Waals surface area contributed by atoms with Crippen molar-refractivity contribution in [3.63, 3.8) is 0 Å². The average Bonchev–Trinajstić information content (AvgIpc) is 3.17. The summed E-state index contributed by atoms with van der Waals surface area (Å²) < 4.78 is 27.0. The number of amides is 1. The van der Waals surface area contributed by atoms with E-state index in [9.17, 15) is 18.3 Å². The first-order valence-electron chi connectivity index (χ1n) is 8.28. The minimum absolute atomic E-state index is 0.0486. The molecule has 1 fully saturated rings. The van der Waals surface area contributed by atoms with Crippen molar-refractivity contribution in [2.45, 2.75) is 30.3 Å². The van der Waals surface area contributed by atoms with Gasteiger partial charge in [-0.15, -0.1) is 0 Å². The van der Waals surface area contributed by atoms with Crippen molar-refractivity contribution in [3.8, 4) is 0 Å². The van der Waals surface area contributed by atoms with E-state index >= 15 is 0 Å². The van der Waals surface area contributed by atoms with Crippen LogP contribution in [0.5, 0.6) is 0 Å². The number of aromatic nitrogens is 2. The second-order valence-electron chi connectivity index (χ2n) is 6.01. The first-order chi connectivity index (χ1) is 12.5. The zero-order chi connectivity index (χ0) is 18.6. The van der Waals surface area contributed by atoms with Crippen molar-refractivity contribution >= 4 is 15.9 Å². The molecule has 0 aliphatic carbocycles. The highest BCUT2D eigenvalue weighted by atomic mass is 32.2. The topological polar surface area (TPSA) is 112 Å². The maximum absolute atomic E-state index is 12.8. The summed E-state index contributed by atoms with van der Waals surface area (Å²) >= 11 is 0. The van der Waals surface area contributed by atoms with Crippen molar-refractivity contribution in [3.05, 3.63) is 54.1 Å². The number of aliphatic hydroxyl groups is 1. The Kier molecular flexibility index (Phi) is 5.60. The summed E-state index contributed by atoms with van der Waals surface area (Å²) in [6.07, 6.45) is 4.32. The quantitative estimate of drug-likeness (QED) is 0.761. The van der Waals surface area contributed by atoms with Gasteiger partial charge in [0.25, 0.3) is 5.91 Å². The second-order valence-corrected chi connectivity index (χ2v) is 7.90. The molecule has 1 aromatic heterocycles. The van der Waals surface area contributed by atoms with Crippen LogP contribution in [0.15, 0.2) is 47.8 Å². The normalized spacial score (nSPS) is 18.0. The van der Waals surface area contributed by atoms with Crippen LogP contribution in [0.3, 0.4) is 0 Å². The number of nitrogens with zero attached hydrogens (tertiary/aromatic N) is 3. The summed E-state index contributed by atoms with van der Waals surface area (Å²) in [5.74, 6) is -0.388. The van der Waals surface area contributed by atoms with E-state index in [4.69, 9.17) is 0 Å². The number of hydrogen-bond donors (Lipinski definition) is 2. The highest BCUT2D eigenvalue weighted by Crippen LogP contribution is 2.26. The molecule has 2 N–H and O–H groups in total. The van der Waals surface area contributed by atoms with Crippen LogP contribution in [0.1, 0.15) is 28.9 Å². The van der Waals surface area contributed by atoms with Gasteiger partial charge in [0.2, 0.25) is 10.0 Å². The Morgan fingerprint density at radius 2 is 2.19 bits per heavy atom. The Labute approximate surface area is 152 Å². The molecule has 8 nitrogen and oxygen atoms in total. The summed E-state index contributed by atoms with van der Waals surface area (Å²) in [6.45, 7) is 0.382. The van der Waals surface area contributed by atoms with Crippen molar-refractivity contribution in [1.29, 1.82) is 0 Å². The average molecular weight is 376 g/mol. The van der Waals surface area contributed by atoms with Gasteiger partial charge in [0.1, 0.15) is 6.33 Å². The van der Waals surface area contributed by atoms with Gasteiger partial charge in [-0.25, -0.2) is 18.4 Å². The minimum Gasteiger partial charge on any atom is -0.395 e. The van der Waals surface area contributed by atoms with Gasteiger partial charge in [-0.05, 0) is 37.1 Å². The molecular formula is C17H20N4O4S. The number of benzene rings is 1. The SMILES string of the molecule is O=C(NCc1ccncn1)c1cccc(S(=O)(=O)N2CCC[C@@H]2CO)c1. The Morgan fingerprint density at radius 1 is 1.35 bits per heavy atom. The van der Waals surface area contributed by atoms with E-state index in [1.54, 1.807) is 18.3 Å². The molecule has 0 saturated carbocycles. The number of hydrogen-bond acceptors (Lipinski definition) is 6. The summed E-state index contributed by atoms with van der Waals surface area (Å²) in [4.78, 5) is 20.2. The molecule has 2 heterocycles. The molecule has 138 valence electrons. The molecule has 1 aromatic carbocycles. The Morgan fingerprint density at radius 3 is 2.92 bits per heavy atom. The lowest BCUT2D eigenvalue weighted by atomic mass is 10.2. The zero-order valence-electron chi connectivity index (χ0n) is 14.1. The van der Waals surface area contributed by atoms with Gasteiger partial charge in [-0.1, -0.05) is 6.07 Å². The van der Waals surface area contributed by atoms with Gasteiger partial charge in [0.05, 0.1) is 23.7 Å². The third kappa shape index (κ3) is 3.90. The van der Waals surface area contributed by atoms with Crippen LogP contribution in [-0.4, -0.2) is 52.9 Å². The van der Waals surface area contributed by atoms with Gasteiger partial charge >= 0.3 is 0 Å². The predicted octanol–water partition coefficient (Wildman–Crippen LogP) is 0.552. The van der Waals surface area contributed by atoms with Crippen LogP contribution in [0.2, 0.25) is 0 Å². The van der Waals surface area contributed by atoms with Crippen LogP contribution < -0.4 is 5.32 Å². The van der Waals surface area contributed by atoms with Crippen molar-refractivity contribution < 1.29 is 18.3 Å². The number of sulfonamides is 1. The lowest BCUT2D eigenvalue weighted by Crippen LogP contribution is -2.37. The van der Waals surface area contributed by atoms with Crippen LogP contribution >= 0.6 is 0 Å². The molecule has 1 aliphatic heterocycles. The van der Waals surface area contributed by atoms with E-state index in [1.807, 2.05) is 0 Å². The molecule has 0 unspecified atom stereocenters. The van der Waals surface area contributed by atoms with Gasteiger partial charge in [-0.2, -0.15) is 4.31 Å². The van der Waals surface area contributed by atoms with Crippen molar-refractivity contribution in [2.75, 3.05) is 13.2 Å². The molecule has 1 aliphatic rings. The fourth-order valence-electron chi connectivity index (χ4n) is 2.94. The summed E-state index contributed by atoms with van der Waals surface area (Å²) in [5, 5.41) is 12.1. The van der Waals surface area contributed by atoms with Crippen LogP contribution in [-0.2, 0) is 16.6 Å². The molecule has 3 rings (SSSR count). The highest BCUT2D eigenvalue weighted by Gasteiger charge is 2.35. The second kappa shape index (κ2) is 7.90. The Hall–Kier alpha value is -2.36. The Balaban J connectivity index is 1.76. The molecule has 0 spiro atoms. The summed E-state index contributed by atoms with van der Waals surface area (Å²) in [7, 11) is -3.75. The molecule has 26 heavy (non-hydrogen) atoms. The van der Waals surface area contributed by atoms with E-state index in [2.05, 4.69) is 15.3 Å². The van der Waals surface area contributed by atoms with Gasteiger partial charge in [-0.3, -0.25) is 4.79 Å². The zero-order valence-corrected chi connectivity index (χ0v) is 14.9. The highest BCUT2D eigenvalue weighted by molar-refractivity contribution is 7.89. The Bertz CT molecular complexity index is 873. The number of aliphatic hydroxyl groups excluding tert-OH is 1. The largest absolute Gasteiger partial charge is 0.395 e. The number of nitrogens with one attached hydrogen (secondary N) is 1. The smallest absolute Gasteiger partial charge is 0.251 e. The first-order valence-corrected chi connectivity index (χ1v) is 9.72. The molecule has 0 bridgehead atoms. The molecule has 0 radical (unpaired) electrons. The fraction of sp³-hybridized carbons (Fsp3) is 0.353. The monoisotopic (exact) mass is 376 g/mol. The molecule has 1 saturated heterocycles. The van der Waals surface area contributed by atoms with Crippen LogP contribution in [0, 0.1) is 0 Å². The third-order valence-electron chi connectivity index (χ3n) is 4.31. The van der Waals surface area contributed by atoms with E-state index in [1.165, 1.54) is 28.8 Å². The summed E-state index contributed by atoms with van der Waals surface area (Å²) in [6, 6.07) is 7.19. The number of carbonyl (C=O) groups excluding carboxylic acids is 1. The van der Waals surface area contributed by atoms with Crippen LogP contribution in [0.4, 0.5) is 0 Å².